The van der Waals surface area contributed by atoms with Crippen molar-refractivity contribution in [2.75, 3.05) is 0 Å². The van der Waals surface area contributed by atoms with Gasteiger partial charge in [0.2, 0.25) is 0 Å². The fourth-order valence-electron chi connectivity index (χ4n) is 3.87. The average Bonchev–Trinajstić information content (AvgIpc) is 2.99. The topological polar surface area (TPSA) is 89.0 Å². The van der Waals surface area contributed by atoms with Crippen LogP contribution in [-0.2, 0) is 22.6 Å². The highest BCUT2D eigenvalue weighted by molar-refractivity contribution is 6.35. The van der Waals surface area contributed by atoms with E-state index >= 15 is 0 Å². The van der Waals surface area contributed by atoms with Crippen LogP contribution in [0.15, 0.2) is 102 Å². The van der Waals surface area contributed by atoms with E-state index in [2.05, 4.69) is 15.8 Å². The predicted octanol–water partition coefficient (Wildman–Crippen LogP) is 6.87. The molecule has 0 bridgehead atoms. The molecule has 4 aromatic rings. The van der Waals surface area contributed by atoms with Crippen LogP contribution in [0.4, 0.5) is 0 Å². The highest BCUT2D eigenvalue weighted by atomic mass is 35.5. The first-order chi connectivity index (χ1) is 20.3. The van der Waals surface area contributed by atoms with Crippen molar-refractivity contribution in [3.05, 3.63) is 129 Å². The number of rotatable bonds is 12. The minimum atomic E-state index is -0.942. The van der Waals surface area contributed by atoms with Gasteiger partial charge in [-0.15, -0.1) is 0 Å². The van der Waals surface area contributed by atoms with Crippen molar-refractivity contribution < 1.29 is 19.1 Å². The van der Waals surface area contributed by atoms with E-state index in [-0.39, 0.29) is 11.4 Å². The number of benzene rings is 4. The molecule has 0 heterocycles. The van der Waals surface area contributed by atoms with Crippen LogP contribution in [0.25, 0.3) is 0 Å². The molecule has 0 aliphatic rings. The van der Waals surface area contributed by atoms with Gasteiger partial charge in [-0.1, -0.05) is 89.4 Å². The molecule has 2 amide bonds. The lowest BCUT2D eigenvalue weighted by Gasteiger charge is -2.21. The Balaban J connectivity index is 1.41. The zero-order valence-electron chi connectivity index (χ0n) is 22.6. The monoisotopic (exact) mass is 623 g/mol. The Morgan fingerprint density at radius 2 is 1.50 bits per heavy atom. The van der Waals surface area contributed by atoms with E-state index in [0.29, 0.717) is 33.7 Å². The van der Waals surface area contributed by atoms with E-state index in [1.807, 2.05) is 66.7 Å². The average molecular weight is 625 g/mol. The Hall–Kier alpha value is -4.04. The Morgan fingerprint density at radius 1 is 0.810 bits per heavy atom. The molecule has 0 saturated heterocycles. The van der Waals surface area contributed by atoms with Crippen LogP contribution in [0.1, 0.15) is 23.6 Å². The summed E-state index contributed by atoms with van der Waals surface area (Å²) in [5, 5.41) is 8.27. The van der Waals surface area contributed by atoms with Crippen LogP contribution in [0.5, 0.6) is 11.5 Å². The number of hydrazone groups is 1. The van der Waals surface area contributed by atoms with Crippen LogP contribution < -0.4 is 20.2 Å². The minimum Gasteiger partial charge on any atom is -0.488 e. The van der Waals surface area contributed by atoms with E-state index in [1.165, 1.54) is 12.3 Å². The second kappa shape index (κ2) is 15.3. The van der Waals surface area contributed by atoms with Gasteiger partial charge < -0.3 is 14.8 Å². The Morgan fingerprint density at radius 3 is 2.24 bits per heavy atom. The molecule has 10 heteroatoms. The predicted molar refractivity (Wildman–Crippen MR) is 167 cm³/mol. The number of carbonyl (C=O) groups is 2. The Bertz CT molecular complexity index is 1530. The van der Waals surface area contributed by atoms with Gasteiger partial charge in [0.1, 0.15) is 24.1 Å². The summed E-state index contributed by atoms with van der Waals surface area (Å²) in [5.41, 5.74) is 5.01. The molecule has 216 valence electrons. The molecule has 0 aliphatic carbocycles. The van der Waals surface area contributed by atoms with Crippen LogP contribution >= 0.6 is 34.8 Å². The number of nitrogens with zero attached hydrogens (tertiary/aromatic N) is 1. The Labute approximate surface area is 259 Å². The van der Waals surface area contributed by atoms with Gasteiger partial charge >= 0.3 is 0 Å². The number of hydrogen-bond donors (Lipinski definition) is 2. The van der Waals surface area contributed by atoms with E-state index in [4.69, 9.17) is 44.3 Å². The molecule has 42 heavy (non-hydrogen) atoms. The van der Waals surface area contributed by atoms with Crippen LogP contribution in [0, 0.1) is 0 Å². The number of hydrogen-bond acceptors (Lipinski definition) is 5. The van der Waals surface area contributed by atoms with Crippen LogP contribution in [0.2, 0.25) is 15.1 Å². The van der Waals surface area contributed by atoms with E-state index in [9.17, 15) is 9.59 Å². The van der Waals surface area contributed by atoms with Crippen LogP contribution in [0.3, 0.4) is 0 Å². The van der Waals surface area contributed by atoms with Gasteiger partial charge in [-0.3, -0.25) is 9.59 Å². The molecule has 0 aliphatic heterocycles. The first-order valence-electron chi connectivity index (χ1n) is 13.0. The van der Waals surface area contributed by atoms with Crippen molar-refractivity contribution in [3.8, 4) is 11.5 Å². The SMILES string of the molecule is C[C@@H](Oc1ccc(Cl)cc1Cl)C(=O)N[C@@H](Cc1ccccc1)C(=O)N/N=C\c1ccccc1OCc1ccc(Cl)cc1. The molecule has 0 saturated carbocycles. The highest BCUT2D eigenvalue weighted by Crippen LogP contribution is 2.28. The third kappa shape index (κ3) is 9.24. The summed E-state index contributed by atoms with van der Waals surface area (Å²) in [6.45, 7) is 1.90. The molecule has 0 radical (unpaired) electrons. The molecule has 0 aromatic heterocycles. The van der Waals surface area contributed by atoms with Gasteiger partial charge in [0.05, 0.1) is 11.2 Å². The number of carbonyl (C=O) groups excluding carboxylic acids is 2. The van der Waals surface area contributed by atoms with Gasteiger partial charge in [-0.05, 0) is 60.5 Å². The first kappa shape index (κ1) is 30.9. The molecular formula is C32H28Cl3N3O4. The lowest BCUT2D eigenvalue weighted by Crippen LogP contribution is -2.50. The van der Waals surface area contributed by atoms with E-state index in [0.717, 1.165) is 11.1 Å². The third-order valence-corrected chi connectivity index (χ3v) is 6.87. The first-order valence-corrected chi connectivity index (χ1v) is 14.2. The van der Waals surface area contributed by atoms with Crippen LogP contribution in [-0.4, -0.2) is 30.2 Å². The quantitative estimate of drug-likeness (QED) is 0.133. The van der Waals surface area contributed by atoms with Gasteiger partial charge in [-0.25, -0.2) is 5.43 Å². The summed E-state index contributed by atoms with van der Waals surface area (Å²) in [6, 6.07) is 27.8. The zero-order valence-corrected chi connectivity index (χ0v) is 24.9. The highest BCUT2D eigenvalue weighted by Gasteiger charge is 2.25. The summed E-state index contributed by atoms with van der Waals surface area (Å²) in [7, 11) is 0. The van der Waals surface area contributed by atoms with Crippen molar-refractivity contribution in [1.82, 2.24) is 10.7 Å². The molecule has 2 atom stereocenters. The molecule has 2 N–H and O–H groups in total. The molecule has 4 aromatic carbocycles. The fraction of sp³-hybridized carbons (Fsp3) is 0.156. The molecule has 4 rings (SSSR count). The van der Waals surface area contributed by atoms with Crippen molar-refractivity contribution in [2.24, 2.45) is 5.10 Å². The number of nitrogens with one attached hydrogen (secondary N) is 2. The maximum atomic E-state index is 13.2. The number of para-hydroxylation sites is 1. The maximum absolute atomic E-state index is 13.2. The van der Waals surface area contributed by atoms with Gasteiger partial charge in [0.25, 0.3) is 11.8 Å². The fourth-order valence-corrected chi connectivity index (χ4v) is 4.45. The second-order valence-corrected chi connectivity index (χ2v) is 10.6. The number of halogens is 3. The van der Waals surface area contributed by atoms with Crippen molar-refractivity contribution >= 4 is 52.8 Å². The normalized spacial score (nSPS) is 12.4. The standard InChI is InChI=1S/C32H28Cl3N3O4/c1-21(42-30-16-15-26(34)18-27(30)35)31(39)37-28(17-22-7-3-2-4-8-22)32(40)38-36-19-24-9-5-6-10-29(24)41-20-23-11-13-25(33)14-12-23/h2-16,18-19,21,28H,17,20H2,1H3,(H,37,39)(H,38,40)/b36-19-/t21-,28+/m1/s1. The molecule has 0 fully saturated rings. The third-order valence-electron chi connectivity index (χ3n) is 6.09. The largest absolute Gasteiger partial charge is 0.488 e. The lowest BCUT2D eigenvalue weighted by molar-refractivity contribution is -0.132. The summed E-state index contributed by atoms with van der Waals surface area (Å²) < 4.78 is 11.7. The van der Waals surface area contributed by atoms with Crippen molar-refractivity contribution in [2.45, 2.75) is 32.1 Å². The number of amides is 2. The summed E-state index contributed by atoms with van der Waals surface area (Å²) in [5.74, 6) is -0.109. The van der Waals surface area contributed by atoms with Crippen molar-refractivity contribution in [1.29, 1.82) is 0 Å². The molecule has 7 nitrogen and oxygen atoms in total. The smallest absolute Gasteiger partial charge is 0.262 e. The zero-order chi connectivity index (χ0) is 29.9. The lowest BCUT2D eigenvalue weighted by atomic mass is 10.1. The summed E-state index contributed by atoms with van der Waals surface area (Å²) >= 11 is 18.1. The van der Waals surface area contributed by atoms with Gasteiger partial charge in [0, 0.05) is 22.0 Å². The van der Waals surface area contributed by atoms with E-state index in [1.54, 1.807) is 31.2 Å². The molecular weight excluding hydrogens is 597 g/mol. The van der Waals surface area contributed by atoms with E-state index < -0.39 is 24.0 Å². The Kier molecular flexibility index (Phi) is 11.2. The molecule has 0 spiro atoms. The molecule has 0 unspecified atom stereocenters. The number of ether oxygens (including phenoxy) is 2. The van der Waals surface area contributed by atoms with Gasteiger partial charge in [0.15, 0.2) is 6.10 Å². The summed E-state index contributed by atoms with van der Waals surface area (Å²) in [4.78, 5) is 26.2. The summed E-state index contributed by atoms with van der Waals surface area (Å²) in [6.07, 6.45) is 0.788. The maximum Gasteiger partial charge on any atom is 0.262 e. The van der Waals surface area contributed by atoms with Gasteiger partial charge in [-0.2, -0.15) is 5.10 Å². The minimum absolute atomic E-state index is 0.239. The second-order valence-electron chi connectivity index (χ2n) is 9.27. The van der Waals surface area contributed by atoms with Crippen molar-refractivity contribution in [3.63, 3.8) is 0 Å².